The lowest BCUT2D eigenvalue weighted by atomic mass is 10.2. The van der Waals surface area contributed by atoms with Gasteiger partial charge in [0.15, 0.2) is 10.3 Å². The number of H-pyrrole nitrogens is 1. The van der Waals surface area contributed by atoms with Gasteiger partial charge in [-0.3, -0.25) is 0 Å². The molecule has 2 heterocycles. The summed E-state index contributed by atoms with van der Waals surface area (Å²) in [5.41, 5.74) is 8.93. The van der Waals surface area contributed by atoms with E-state index < -0.39 is 0 Å². The van der Waals surface area contributed by atoms with Gasteiger partial charge in [0.2, 0.25) is 0 Å². The normalized spacial score (nSPS) is 11.2. The summed E-state index contributed by atoms with van der Waals surface area (Å²) in [7, 11) is 0. The molecule has 6 heteroatoms. The Balaban J connectivity index is 1.78. The molecule has 18 heavy (non-hydrogen) atoms. The van der Waals surface area contributed by atoms with Crippen LogP contribution in [0.2, 0.25) is 0 Å². The van der Waals surface area contributed by atoms with Crippen molar-refractivity contribution in [3.63, 3.8) is 0 Å². The van der Waals surface area contributed by atoms with E-state index in [0.29, 0.717) is 5.13 Å². The molecular formula is C12H12N4S2. The fraction of sp³-hybridized carbons (Fsp3) is 0.167. The number of imidazole rings is 1. The Morgan fingerprint density at radius 2 is 2.33 bits per heavy atom. The largest absolute Gasteiger partial charge is 0.375 e. The summed E-state index contributed by atoms with van der Waals surface area (Å²) in [6.45, 7) is 2.08. The Labute approximate surface area is 113 Å². The highest BCUT2D eigenvalue weighted by Gasteiger charge is 2.05. The summed E-state index contributed by atoms with van der Waals surface area (Å²) in [6.07, 6.45) is 1.82. The van der Waals surface area contributed by atoms with Gasteiger partial charge in [-0.05, 0) is 24.6 Å². The molecule has 0 fully saturated rings. The lowest BCUT2D eigenvalue weighted by Gasteiger charge is -1.92. The summed E-state index contributed by atoms with van der Waals surface area (Å²) in [6, 6.07) is 6.22. The molecule has 3 aromatic rings. The topological polar surface area (TPSA) is 67.6 Å². The van der Waals surface area contributed by atoms with Gasteiger partial charge < -0.3 is 10.7 Å². The molecule has 3 N–H and O–H groups in total. The van der Waals surface area contributed by atoms with Crippen LogP contribution in [-0.4, -0.2) is 15.0 Å². The van der Waals surface area contributed by atoms with Crippen LogP contribution in [0.15, 0.2) is 29.6 Å². The molecule has 0 aliphatic heterocycles. The maximum Gasteiger partial charge on any atom is 0.180 e. The number of hydrogen-bond donors (Lipinski definition) is 2. The van der Waals surface area contributed by atoms with Crippen molar-refractivity contribution in [2.45, 2.75) is 17.8 Å². The third-order valence-electron chi connectivity index (χ3n) is 2.54. The van der Waals surface area contributed by atoms with E-state index in [1.54, 1.807) is 11.8 Å². The van der Waals surface area contributed by atoms with Gasteiger partial charge in [0.1, 0.15) is 0 Å². The minimum absolute atomic E-state index is 0.617. The highest BCUT2D eigenvalue weighted by atomic mass is 32.2. The van der Waals surface area contributed by atoms with Crippen molar-refractivity contribution in [1.29, 1.82) is 0 Å². The maximum atomic E-state index is 5.60. The number of thiazole rings is 1. The van der Waals surface area contributed by atoms with Gasteiger partial charge in [0.25, 0.3) is 0 Å². The van der Waals surface area contributed by atoms with E-state index in [2.05, 4.69) is 34.0 Å². The molecule has 0 unspecified atom stereocenters. The van der Waals surface area contributed by atoms with Crippen LogP contribution in [-0.2, 0) is 5.75 Å². The smallest absolute Gasteiger partial charge is 0.180 e. The van der Waals surface area contributed by atoms with Crippen molar-refractivity contribution in [2.24, 2.45) is 0 Å². The Morgan fingerprint density at radius 1 is 1.44 bits per heavy atom. The van der Waals surface area contributed by atoms with Crippen LogP contribution in [0.25, 0.3) is 11.0 Å². The predicted octanol–water partition coefficient (Wildman–Crippen LogP) is 3.20. The molecule has 0 bridgehead atoms. The first kappa shape index (κ1) is 11.6. The molecule has 0 spiro atoms. The molecule has 92 valence electrons. The number of fused-ring (bicyclic) bond motifs is 1. The van der Waals surface area contributed by atoms with Crippen molar-refractivity contribution >= 4 is 39.3 Å². The van der Waals surface area contributed by atoms with Crippen molar-refractivity contribution < 1.29 is 0 Å². The van der Waals surface area contributed by atoms with Crippen LogP contribution in [0, 0.1) is 6.92 Å². The molecular weight excluding hydrogens is 264 g/mol. The molecule has 4 nitrogen and oxygen atoms in total. The third kappa shape index (κ3) is 2.34. The quantitative estimate of drug-likeness (QED) is 0.721. The first-order chi connectivity index (χ1) is 8.70. The van der Waals surface area contributed by atoms with E-state index in [1.165, 1.54) is 16.9 Å². The van der Waals surface area contributed by atoms with Crippen LogP contribution in [0.5, 0.6) is 0 Å². The van der Waals surface area contributed by atoms with Crippen molar-refractivity contribution in [2.75, 3.05) is 5.73 Å². The molecule has 0 saturated heterocycles. The Kier molecular flexibility index (Phi) is 2.97. The molecule has 0 aliphatic rings. The second-order valence-electron chi connectivity index (χ2n) is 4.02. The summed E-state index contributed by atoms with van der Waals surface area (Å²) >= 11 is 3.19. The first-order valence-electron chi connectivity index (χ1n) is 5.50. The SMILES string of the molecule is Cc1ccc2nc(SCc3cnc(N)s3)[nH]c2c1. The zero-order valence-electron chi connectivity index (χ0n) is 9.80. The van der Waals surface area contributed by atoms with Crippen LogP contribution in [0.4, 0.5) is 5.13 Å². The Bertz CT molecular complexity index is 686. The maximum absolute atomic E-state index is 5.60. The number of thioether (sulfide) groups is 1. The van der Waals surface area contributed by atoms with Crippen LogP contribution in [0.3, 0.4) is 0 Å². The number of aromatic nitrogens is 3. The molecule has 0 atom stereocenters. The average Bonchev–Trinajstić information content (AvgIpc) is 2.92. The minimum atomic E-state index is 0.617. The van der Waals surface area contributed by atoms with Gasteiger partial charge in [0.05, 0.1) is 11.0 Å². The number of benzene rings is 1. The highest BCUT2D eigenvalue weighted by Crippen LogP contribution is 2.26. The molecule has 2 aromatic heterocycles. The average molecular weight is 276 g/mol. The van der Waals surface area contributed by atoms with Gasteiger partial charge in [0, 0.05) is 16.8 Å². The van der Waals surface area contributed by atoms with E-state index in [1.807, 2.05) is 12.3 Å². The van der Waals surface area contributed by atoms with Crippen LogP contribution in [0.1, 0.15) is 10.4 Å². The standard InChI is InChI=1S/C12H12N4S2/c1-7-2-3-9-10(4-7)16-12(15-9)17-6-8-5-14-11(13)18-8/h2-5H,6H2,1H3,(H2,13,14)(H,15,16). The third-order valence-corrected chi connectivity index (χ3v) is 4.47. The number of aromatic amines is 1. The fourth-order valence-electron chi connectivity index (χ4n) is 1.70. The van der Waals surface area contributed by atoms with Crippen molar-refractivity contribution in [3.8, 4) is 0 Å². The minimum Gasteiger partial charge on any atom is -0.375 e. The Hall–Kier alpha value is -1.53. The predicted molar refractivity (Wildman–Crippen MR) is 76.9 cm³/mol. The monoisotopic (exact) mass is 276 g/mol. The molecule has 0 radical (unpaired) electrons. The van der Waals surface area contributed by atoms with Gasteiger partial charge in [-0.15, -0.1) is 11.3 Å². The van der Waals surface area contributed by atoms with Gasteiger partial charge in [-0.25, -0.2) is 9.97 Å². The lowest BCUT2D eigenvalue weighted by Crippen LogP contribution is -1.77. The molecule has 0 amide bonds. The summed E-state index contributed by atoms with van der Waals surface area (Å²) in [4.78, 5) is 13.1. The number of nitrogens with two attached hydrogens (primary N) is 1. The summed E-state index contributed by atoms with van der Waals surface area (Å²) in [5, 5.41) is 1.55. The number of anilines is 1. The van der Waals surface area contributed by atoms with Crippen molar-refractivity contribution in [1.82, 2.24) is 15.0 Å². The van der Waals surface area contributed by atoms with Crippen LogP contribution < -0.4 is 5.73 Å². The molecule has 0 saturated carbocycles. The van der Waals surface area contributed by atoms with E-state index in [9.17, 15) is 0 Å². The Morgan fingerprint density at radius 3 is 3.11 bits per heavy atom. The first-order valence-corrected chi connectivity index (χ1v) is 7.30. The van der Waals surface area contributed by atoms with E-state index in [0.717, 1.165) is 26.8 Å². The number of aryl methyl sites for hydroxylation is 1. The second-order valence-corrected chi connectivity index (χ2v) is 6.13. The lowest BCUT2D eigenvalue weighted by molar-refractivity contribution is 1.08. The zero-order chi connectivity index (χ0) is 12.5. The second kappa shape index (κ2) is 4.62. The number of nitrogens with zero attached hydrogens (tertiary/aromatic N) is 2. The molecule has 1 aromatic carbocycles. The summed E-state index contributed by atoms with van der Waals surface area (Å²) < 4.78 is 0. The molecule has 3 rings (SSSR count). The van der Waals surface area contributed by atoms with Crippen LogP contribution >= 0.6 is 23.1 Å². The molecule has 0 aliphatic carbocycles. The van der Waals surface area contributed by atoms with Gasteiger partial charge >= 0.3 is 0 Å². The van der Waals surface area contributed by atoms with E-state index in [-0.39, 0.29) is 0 Å². The zero-order valence-corrected chi connectivity index (χ0v) is 11.4. The summed E-state index contributed by atoms with van der Waals surface area (Å²) in [5.74, 6) is 0.841. The number of nitrogen functional groups attached to an aromatic ring is 1. The number of hydrogen-bond acceptors (Lipinski definition) is 5. The number of rotatable bonds is 3. The van der Waals surface area contributed by atoms with Gasteiger partial charge in [-0.1, -0.05) is 17.8 Å². The fourth-order valence-corrected chi connectivity index (χ4v) is 3.29. The number of nitrogens with one attached hydrogen (secondary N) is 1. The van der Waals surface area contributed by atoms with E-state index >= 15 is 0 Å². The van der Waals surface area contributed by atoms with Crippen molar-refractivity contribution in [3.05, 3.63) is 34.8 Å². The van der Waals surface area contributed by atoms with E-state index in [4.69, 9.17) is 5.73 Å². The highest BCUT2D eigenvalue weighted by molar-refractivity contribution is 7.98. The van der Waals surface area contributed by atoms with Gasteiger partial charge in [-0.2, -0.15) is 0 Å².